The molecular weight excluding hydrogens is 430 g/mol. The van der Waals surface area contributed by atoms with Crippen LogP contribution in [0.5, 0.6) is 11.5 Å². The van der Waals surface area contributed by atoms with Gasteiger partial charge in [-0.3, -0.25) is 9.59 Å². The van der Waals surface area contributed by atoms with E-state index in [0.717, 1.165) is 11.3 Å². The third-order valence-electron chi connectivity index (χ3n) is 4.72. The van der Waals surface area contributed by atoms with E-state index >= 15 is 0 Å². The highest BCUT2D eigenvalue weighted by Gasteiger charge is 2.17. The number of thioether (sulfide) groups is 1. The molecule has 2 N–H and O–H groups in total. The fourth-order valence-corrected chi connectivity index (χ4v) is 4.07. The Morgan fingerprint density at radius 2 is 1.81 bits per heavy atom. The van der Waals surface area contributed by atoms with Crippen molar-refractivity contribution in [1.29, 1.82) is 0 Å². The second-order valence-corrected chi connectivity index (χ2v) is 8.08. The molecule has 0 radical (unpaired) electrons. The molecule has 0 unspecified atom stereocenters. The Labute approximate surface area is 189 Å². The molecule has 9 nitrogen and oxygen atoms in total. The maximum Gasteiger partial charge on any atom is 0.234 e. The predicted molar refractivity (Wildman–Crippen MR) is 121 cm³/mol. The molecule has 4 rings (SSSR count). The molecule has 1 aliphatic rings. The lowest BCUT2D eigenvalue weighted by Gasteiger charge is -2.09. The molecule has 2 aromatic carbocycles. The number of aryl methyl sites for hydroxylation is 1. The van der Waals surface area contributed by atoms with Gasteiger partial charge >= 0.3 is 0 Å². The number of rotatable bonds is 8. The number of carbonyl (C=O) groups excluding carboxylic acids is 2. The van der Waals surface area contributed by atoms with E-state index < -0.39 is 0 Å². The zero-order valence-electron chi connectivity index (χ0n) is 17.8. The van der Waals surface area contributed by atoms with Gasteiger partial charge in [-0.2, -0.15) is 0 Å². The van der Waals surface area contributed by atoms with E-state index in [1.54, 1.807) is 18.2 Å². The highest BCUT2D eigenvalue weighted by Crippen LogP contribution is 2.34. The fraction of sp³-hybridized carbons (Fsp3) is 0.273. The van der Waals surface area contributed by atoms with Crippen LogP contribution in [0.4, 0.5) is 11.4 Å². The summed E-state index contributed by atoms with van der Waals surface area (Å²) in [5.74, 6) is 1.62. The molecule has 0 saturated carbocycles. The second-order valence-electron chi connectivity index (χ2n) is 7.14. The average molecular weight is 454 g/mol. The van der Waals surface area contributed by atoms with Crippen molar-refractivity contribution in [3.8, 4) is 11.5 Å². The molecule has 0 aliphatic carbocycles. The minimum Gasteiger partial charge on any atom is -0.454 e. The number of fused-ring (bicyclic) bond motifs is 1. The van der Waals surface area contributed by atoms with Gasteiger partial charge in [-0.25, -0.2) is 0 Å². The third kappa shape index (κ3) is 5.20. The number of benzene rings is 2. The molecule has 166 valence electrons. The Kier molecular flexibility index (Phi) is 6.60. The third-order valence-corrected chi connectivity index (χ3v) is 5.69. The Morgan fingerprint density at radius 3 is 2.62 bits per heavy atom. The van der Waals surface area contributed by atoms with Crippen molar-refractivity contribution in [3.05, 3.63) is 53.9 Å². The van der Waals surface area contributed by atoms with Gasteiger partial charge in [0.15, 0.2) is 16.7 Å². The van der Waals surface area contributed by atoms with Gasteiger partial charge in [-0.15, -0.1) is 10.2 Å². The van der Waals surface area contributed by atoms with E-state index in [9.17, 15) is 9.59 Å². The summed E-state index contributed by atoms with van der Waals surface area (Å²) in [6, 6.07) is 12.9. The first-order valence-electron chi connectivity index (χ1n) is 10.1. The van der Waals surface area contributed by atoms with Crippen molar-refractivity contribution in [2.75, 3.05) is 23.2 Å². The van der Waals surface area contributed by atoms with Gasteiger partial charge < -0.3 is 24.7 Å². The SMILES string of the molecule is CCn1c(CC(=O)Nc2cccc(C)c2)nnc1SCC(=O)Nc1ccc2c(c1)OCO2. The molecule has 0 fully saturated rings. The molecule has 0 spiro atoms. The van der Waals surface area contributed by atoms with Crippen LogP contribution in [-0.2, 0) is 22.6 Å². The van der Waals surface area contributed by atoms with E-state index in [-0.39, 0.29) is 30.8 Å². The topological polar surface area (TPSA) is 107 Å². The van der Waals surface area contributed by atoms with Crippen LogP contribution in [0.15, 0.2) is 47.6 Å². The zero-order chi connectivity index (χ0) is 22.5. The van der Waals surface area contributed by atoms with Crippen LogP contribution in [0.25, 0.3) is 0 Å². The number of aromatic nitrogens is 3. The van der Waals surface area contributed by atoms with Gasteiger partial charge in [0.25, 0.3) is 0 Å². The van der Waals surface area contributed by atoms with Crippen LogP contribution in [0.1, 0.15) is 18.3 Å². The van der Waals surface area contributed by atoms with Crippen LogP contribution in [0.3, 0.4) is 0 Å². The van der Waals surface area contributed by atoms with Gasteiger partial charge in [-0.1, -0.05) is 23.9 Å². The van der Waals surface area contributed by atoms with Crippen molar-refractivity contribution in [2.24, 2.45) is 0 Å². The minimum absolute atomic E-state index is 0.0960. The standard InChI is InChI=1S/C22H23N5O4S/c1-3-27-19(11-20(28)23-15-6-4-5-14(2)9-15)25-26-22(27)32-12-21(29)24-16-7-8-17-18(10-16)31-13-30-17/h4-10H,3,11-13H2,1-2H3,(H,23,28)(H,24,29). The van der Waals surface area contributed by atoms with E-state index in [4.69, 9.17) is 9.47 Å². The van der Waals surface area contributed by atoms with Crippen molar-refractivity contribution in [3.63, 3.8) is 0 Å². The van der Waals surface area contributed by atoms with Crippen molar-refractivity contribution in [2.45, 2.75) is 32.0 Å². The van der Waals surface area contributed by atoms with Crippen LogP contribution in [0, 0.1) is 6.92 Å². The summed E-state index contributed by atoms with van der Waals surface area (Å²) in [7, 11) is 0. The first kappa shape index (κ1) is 21.7. The molecular formula is C22H23N5O4S. The molecule has 3 aromatic rings. The van der Waals surface area contributed by atoms with Gasteiger partial charge in [0.2, 0.25) is 18.6 Å². The predicted octanol–water partition coefficient (Wildman–Crippen LogP) is 3.25. The molecule has 0 saturated heterocycles. The quantitative estimate of drug-likeness (QED) is 0.504. The minimum atomic E-state index is -0.182. The lowest BCUT2D eigenvalue weighted by molar-refractivity contribution is -0.116. The second kappa shape index (κ2) is 9.73. The number of nitrogens with one attached hydrogen (secondary N) is 2. The summed E-state index contributed by atoms with van der Waals surface area (Å²) in [5, 5.41) is 14.6. The highest BCUT2D eigenvalue weighted by atomic mass is 32.2. The van der Waals surface area contributed by atoms with Crippen LogP contribution < -0.4 is 20.1 Å². The first-order valence-corrected chi connectivity index (χ1v) is 11.1. The van der Waals surface area contributed by atoms with Crippen LogP contribution >= 0.6 is 11.8 Å². The number of hydrogen-bond donors (Lipinski definition) is 2. The molecule has 32 heavy (non-hydrogen) atoms. The molecule has 0 bridgehead atoms. The highest BCUT2D eigenvalue weighted by molar-refractivity contribution is 7.99. The molecule has 10 heteroatoms. The number of hydrogen-bond acceptors (Lipinski definition) is 7. The number of nitrogens with zero attached hydrogens (tertiary/aromatic N) is 3. The normalized spacial score (nSPS) is 11.9. The molecule has 1 aliphatic heterocycles. The number of anilines is 2. The van der Waals surface area contributed by atoms with Crippen LogP contribution in [0.2, 0.25) is 0 Å². The number of amides is 2. The van der Waals surface area contributed by atoms with E-state index in [0.29, 0.717) is 34.7 Å². The van der Waals surface area contributed by atoms with E-state index in [2.05, 4.69) is 20.8 Å². The fourth-order valence-electron chi connectivity index (χ4n) is 3.25. The molecule has 1 aromatic heterocycles. The van der Waals surface area contributed by atoms with Crippen LogP contribution in [-0.4, -0.2) is 39.1 Å². The summed E-state index contributed by atoms with van der Waals surface area (Å²) < 4.78 is 12.4. The maximum absolute atomic E-state index is 12.4. The number of carbonyl (C=O) groups is 2. The zero-order valence-corrected chi connectivity index (χ0v) is 18.6. The summed E-state index contributed by atoms with van der Waals surface area (Å²) >= 11 is 1.27. The first-order chi connectivity index (χ1) is 15.5. The monoisotopic (exact) mass is 453 g/mol. The van der Waals surface area contributed by atoms with Crippen molar-refractivity contribution < 1.29 is 19.1 Å². The smallest absolute Gasteiger partial charge is 0.234 e. The lowest BCUT2D eigenvalue weighted by atomic mass is 10.2. The Morgan fingerprint density at radius 1 is 1.03 bits per heavy atom. The Bertz CT molecular complexity index is 1150. The van der Waals surface area contributed by atoms with Crippen molar-refractivity contribution in [1.82, 2.24) is 14.8 Å². The van der Waals surface area contributed by atoms with Gasteiger partial charge in [0.1, 0.15) is 5.82 Å². The number of ether oxygens (including phenoxy) is 2. The lowest BCUT2D eigenvalue weighted by Crippen LogP contribution is -2.18. The van der Waals surface area contributed by atoms with Gasteiger partial charge in [-0.05, 0) is 43.7 Å². The Hall–Kier alpha value is -3.53. The van der Waals surface area contributed by atoms with Gasteiger partial charge in [0, 0.05) is 24.0 Å². The molecule has 2 amide bonds. The largest absolute Gasteiger partial charge is 0.454 e. The average Bonchev–Trinajstić information content (AvgIpc) is 3.38. The molecule has 0 atom stereocenters. The van der Waals surface area contributed by atoms with Gasteiger partial charge in [0.05, 0.1) is 12.2 Å². The van der Waals surface area contributed by atoms with E-state index in [1.807, 2.05) is 42.7 Å². The molecule has 2 heterocycles. The summed E-state index contributed by atoms with van der Waals surface area (Å²) in [6.07, 6.45) is 0.0960. The van der Waals surface area contributed by atoms with E-state index in [1.165, 1.54) is 11.8 Å². The summed E-state index contributed by atoms with van der Waals surface area (Å²) in [5.41, 5.74) is 2.44. The van der Waals surface area contributed by atoms with Crippen molar-refractivity contribution >= 4 is 35.0 Å². The summed E-state index contributed by atoms with van der Waals surface area (Å²) in [4.78, 5) is 24.8. The maximum atomic E-state index is 12.4. The summed E-state index contributed by atoms with van der Waals surface area (Å²) in [6.45, 7) is 4.68. The Balaban J connectivity index is 1.33.